The van der Waals surface area contributed by atoms with Gasteiger partial charge < -0.3 is 9.88 Å². The minimum absolute atomic E-state index is 0.226. The van der Waals surface area contributed by atoms with Crippen molar-refractivity contribution in [1.29, 1.82) is 0 Å². The van der Waals surface area contributed by atoms with Crippen molar-refractivity contribution in [1.82, 2.24) is 4.98 Å². The number of aromatic amines is 1. The Hall–Kier alpha value is -1.29. The van der Waals surface area contributed by atoms with E-state index in [0.29, 0.717) is 12.3 Å². The topological polar surface area (TPSA) is 36.1 Å². The van der Waals surface area contributed by atoms with Crippen molar-refractivity contribution in [2.45, 2.75) is 6.42 Å². The van der Waals surface area contributed by atoms with Crippen molar-refractivity contribution in [2.24, 2.45) is 5.92 Å². The predicted octanol–water partition coefficient (Wildman–Crippen LogP) is 2.92. The zero-order valence-corrected chi connectivity index (χ0v) is 10.9. The molecule has 2 heterocycles. The van der Waals surface area contributed by atoms with E-state index in [1.807, 2.05) is 29.3 Å². The first kappa shape index (κ1) is 10.8. The maximum Gasteiger partial charge on any atom is 0.227 e. The quantitative estimate of drug-likeness (QED) is 0.849. The minimum atomic E-state index is 0.226. The zero-order chi connectivity index (χ0) is 11.8. The van der Waals surface area contributed by atoms with Crippen molar-refractivity contribution in [3.05, 3.63) is 30.5 Å². The van der Waals surface area contributed by atoms with E-state index in [9.17, 15) is 4.79 Å². The van der Waals surface area contributed by atoms with Gasteiger partial charge in [0, 0.05) is 41.1 Å². The Kier molecular flexibility index (Phi) is 2.67. The van der Waals surface area contributed by atoms with Gasteiger partial charge in [-0.05, 0) is 30.2 Å². The summed E-state index contributed by atoms with van der Waals surface area (Å²) in [5.74, 6) is 0.661. The largest absolute Gasteiger partial charge is 0.361 e. The van der Waals surface area contributed by atoms with Crippen LogP contribution in [0.5, 0.6) is 0 Å². The molecule has 88 valence electrons. The fourth-order valence-corrected chi connectivity index (χ4v) is 2.78. The number of aromatic nitrogens is 1. The fourth-order valence-electron chi connectivity index (χ4n) is 2.34. The maximum absolute atomic E-state index is 11.9. The number of nitrogens with one attached hydrogen (secondary N) is 1. The summed E-state index contributed by atoms with van der Waals surface area (Å²) in [5.41, 5.74) is 2.11. The van der Waals surface area contributed by atoms with E-state index >= 15 is 0 Å². The molecule has 0 spiro atoms. The first-order valence-electron chi connectivity index (χ1n) is 5.71. The van der Waals surface area contributed by atoms with Crippen molar-refractivity contribution < 1.29 is 4.79 Å². The molecule has 0 saturated carbocycles. The molecule has 2 aromatic rings. The van der Waals surface area contributed by atoms with Crippen molar-refractivity contribution >= 4 is 38.4 Å². The van der Waals surface area contributed by atoms with Crippen LogP contribution >= 0.6 is 15.9 Å². The van der Waals surface area contributed by atoms with Crippen LogP contribution in [0.2, 0.25) is 0 Å². The van der Waals surface area contributed by atoms with E-state index in [2.05, 4.69) is 27.0 Å². The van der Waals surface area contributed by atoms with Crippen molar-refractivity contribution in [3.8, 4) is 0 Å². The molecule has 1 amide bonds. The molecule has 1 aromatic heterocycles. The summed E-state index contributed by atoms with van der Waals surface area (Å²) in [7, 11) is 0. The smallest absolute Gasteiger partial charge is 0.227 e. The molecule has 1 unspecified atom stereocenters. The lowest BCUT2D eigenvalue weighted by molar-refractivity contribution is -0.117. The number of hydrogen-bond donors (Lipinski definition) is 1. The number of benzene rings is 1. The summed E-state index contributed by atoms with van der Waals surface area (Å²) in [5, 5.41) is 2.04. The van der Waals surface area contributed by atoms with Gasteiger partial charge in [-0.1, -0.05) is 15.9 Å². The Balaban J connectivity index is 1.95. The third-order valence-corrected chi connectivity index (χ3v) is 4.19. The van der Waals surface area contributed by atoms with Gasteiger partial charge in [0.2, 0.25) is 5.91 Å². The van der Waals surface area contributed by atoms with Crippen LogP contribution in [0.4, 0.5) is 5.69 Å². The summed E-state index contributed by atoms with van der Waals surface area (Å²) >= 11 is 3.45. The molecule has 0 aliphatic carbocycles. The number of amides is 1. The van der Waals surface area contributed by atoms with E-state index in [0.717, 1.165) is 28.5 Å². The Labute approximate surface area is 108 Å². The van der Waals surface area contributed by atoms with Gasteiger partial charge in [-0.2, -0.15) is 0 Å². The van der Waals surface area contributed by atoms with Gasteiger partial charge in [-0.3, -0.25) is 4.79 Å². The summed E-state index contributed by atoms with van der Waals surface area (Å²) in [6.45, 7) is 0.819. The summed E-state index contributed by atoms with van der Waals surface area (Å²) < 4.78 is 0. The Morgan fingerprint density at radius 3 is 3.06 bits per heavy atom. The Bertz CT molecular complexity index is 563. The second kappa shape index (κ2) is 4.18. The van der Waals surface area contributed by atoms with Gasteiger partial charge in [0.05, 0.1) is 0 Å². The number of carbonyl (C=O) groups is 1. The third-order valence-electron chi connectivity index (χ3n) is 3.27. The number of H-pyrrole nitrogens is 1. The standard InChI is InChI=1S/C13H13BrN2O/c14-7-9-5-13(17)16(8-9)11-1-2-12-10(6-11)3-4-15-12/h1-4,6,9,15H,5,7-8H2. The van der Waals surface area contributed by atoms with Crippen LogP contribution < -0.4 is 4.90 Å². The molecule has 0 radical (unpaired) electrons. The lowest BCUT2D eigenvalue weighted by atomic mass is 10.2. The molecular formula is C13H13BrN2O. The van der Waals surface area contributed by atoms with E-state index < -0.39 is 0 Å². The van der Waals surface area contributed by atoms with E-state index in [1.54, 1.807) is 0 Å². The first-order valence-corrected chi connectivity index (χ1v) is 6.83. The van der Waals surface area contributed by atoms with Crippen LogP contribution in [0, 0.1) is 5.92 Å². The SMILES string of the molecule is O=C1CC(CBr)CN1c1ccc2[nH]ccc2c1. The van der Waals surface area contributed by atoms with Gasteiger partial charge in [0.1, 0.15) is 0 Å². The molecule has 1 atom stereocenters. The van der Waals surface area contributed by atoms with E-state index in [1.165, 1.54) is 0 Å². The summed E-state index contributed by atoms with van der Waals surface area (Å²) in [4.78, 5) is 17.0. The molecule has 4 heteroatoms. The van der Waals surface area contributed by atoms with Crippen LogP contribution in [0.1, 0.15) is 6.42 Å². The Morgan fingerprint density at radius 2 is 2.29 bits per heavy atom. The van der Waals surface area contributed by atoms with Crippen LogP contribution in [0.3, 0.4) is 0 Å². The van der Waals surface area contributed by atoms with Gasteiger partial charge in [0.25, 0.3) is 0 Å². The molecule has 0 bridgehead atoms. The van der Waals surface area contributed by atoms with E-state index in [-0.39, 0.29) is 5.91 Å². The van der Waals surface area contributed by atoms with Crippen LogP contribution in [-0.4, -0.2) is 22.8 Å². The number of rotatable bonds is 2. The number of halogens is 1. The number of hydrogen-bond acceptors (Lipinski definition) is 1. The predicted molar refractivity (Wildman–Crippen MR) is 72.6 cm³/mol. The molecule has 1 aliphatic rings. The van der Waals surface area contributed by atoms with Gasteiger partial charge in [-0.25, -0.2) is 0 Å². The average Bonchev–Trinajstić information content (AvgIpc) is 2.93. The molecular weight excluding hydrogens is 280 g/mol. The van der Waals surface area contributed by atoms with E-state index in [4.69, 9.17) is 0 Å². The Morgan fingerprint density at radius 1 is 1.41 bits per heavy atom. The monoisotopic (exact) mass is 292 g/mol. The lowest BCUT2D eigenvalue weighted by Gasteiger charge is -2.16. The molecule has 1 fully saturated rings. The minimum Gasteiger partial charge on any atom is -0.361 e. The second-order valence-electron chi connectivity index (χ2n) is 4.48. The van der Waals surface area contributed by atoms with Crippen LogP contribution in [0.15, 0.2) is 30.5 Å². The molecule has 1 N–H and O–H groups in total. The molecule has 1 aromatic carbocycles. The number of anilines is 1. The highest BCUT2D eigenvalue weighted by Crippen LogP contribution is 2.28. The summed E-state index contributed by atoms with van der Waals surface area (Å²) in [6, 6.07) is 8.13. The molecule has 17 heavy (non-hydrogen) atoms. The van der Waals surface area contributed by atoms with Gasteiger partial charge in [0.15, 0.2) is 0 Å². The first-order chi connectivity index (χ1) is 8.28. The average molecular weight is 293 g/mol. The molecule has 1 saturated heterocycles. The van der Waals surface area contributed by atoms with Gasteiger partial charge in [-0.15, -0.1) is 0 Å². The molecule has 1 aliphatic heterocycles. The highest BCUT2D eigenvalue weighted by molar-refractivity contribution is 9.09. The normalized spacial score (nSPS) is 20.4. The van der Waals surface area contributed by atoms with Crippen molar-refractivity contribution in [2.75, 3.05) is 16.8 Å². The highest BCUT2D eigenvalue weighted by Gasteiger charge is 2.29. The lowest BCUT2D eigenvalue weighted by Crippen LogP contribution is -2.24. The maximum atomic E-state index is 11.9. The number of fused-ring (bicyclic) bond motifs is 1. The molecule has 3 nitrogen and oxygen atoms in total. The fraction of sp³-hybridized carbons (Fsp3) is 0.308. The molecule has 3 rings (SSSR count). The third kappa shape index (κ3) is 1.86. The second-order valence-corrected chi connectivity index (χ2v) is 5.13. The van der Waals surface area contributed by atoms with Crippen LogP contribution in [-0.2, 0) is 4.79 Å². The van der Waals surface area contributed by atoms with Crippen molar-refractivity contribution in [3.63, 3.8) is 0 Å². The number of carbonyl (C=O) groups excluding carboxylic acids is 1. The summed E-state index contributed by atoms with van der Waals surface area (Å²) in [6.07, 6.45) is 2.57. The van der Waals surface area contributed by atoms with Gasteiger partial charge >= 0.3 is 0 Å². The number of alkyl halides is 1. The zero-order valence-electron chi connectivity index (χ0n) is 9.32. The van der Waals surface area contributed by atoms with Crippen LogP contribution in [0.25, 0.3) is 10.9 Å². The number of nitrogens with zero attached hydrogens (tertiary/aromatic N) is 1. The highest BCUT2D eigenvalue weighted by atomic mass is 79.9.